The topological polar surface area (TPSA) is 54.4 Å². The van der Waals surface area contributed by atoms with Crippen LogP contribution >= 0.6 is 11.6 Å². The fourth-order valence-electron chi connectivity index (χ4n) is 3.18. The molecular formula is C27H22ClN3O. The van der Waals surface area contributed by atoms with Gasteiger partial charge >= 0.3 is 0 Å². The Morgan fingerprint density at radius 3 is 1.81 bits per heavy atom. The van der Waals surface area contributed by atoms with Crippen LogP contribution in [0.2, 0.25) is 5.02 Å². The standard InChI is InChI=1S/C27H22ClN3O/c1-18-3-9-21(10-4-18)25-15-23(16-26(30-25)22-11-5-19(2)6-12-22)27(32)31-29-17-20-7-13-24(28)14-8-20/h3-17H,1-2H3,(H,31,32)/b29-17+. The zero-order valence-corrected chi connectivity index (χ0v) is 18.6. The Labute approximate surface area is 192 Å². The van der Waals surface area contributed by atoms with Gasteiger partial charge in [0, 0.05) is 21.7 Å². The number of pyridine rings is 1. The van der Waals surface area contributed by atoms with Crippen molar-refractivity contribution in [3.63, 3.8) is 0 Å². The highest BCUT2D eigenvalue weighted by atomic mass is 35.5. The fourth-order valence-corrected chi connectivity index (χ4v) is 3.31. The number of aromatic nitrogens is 1. The van der Waals surface area contributed by atoms with Gasteiger partial charge in [-0.15, -0.1) is 0 Å². The number of carbonyl (C=O) groups is 1. The van der Waals surface area contributed by atoms with Crippen molar-refractivity contribution in [2.24, 2.45) is 5.10 Å². The second-order valence-electron chi connectivity index (χ2n) is 7.61. The summed E-state index contributed by atoms with van der Waals surface area (Å²) < 4.78 is 0. The lowest BCUT2D eigenvalue weighted by Crippen LogP contribution is -2.18. The molecule has 1 N–H and O–H groups in total. The molecule has 0 aliphatic heterocycles. The average Bonchev–Trinajstić information content (AvgIpc) is 2.81. The van der Waals surface area contributed by atoms with E-state index in [0.717, 1.165) is 39.2 Å². The first-order valence-electron chi connectivity index (χ1n) is 10.2. The van der Waals surface area contributed by atoms with Crippen LogP contribution in [0, 0.1) is 13.8 Å². The Hall–Kier alpha value is -3.76. The van der Waals surface area contributed by atoms with Crippen LogP contribution < -0.4 is 5.43 Å². The number of halogens is 1. The molecule has 3 aromatic carbocycles. The molecule has 4 aromatic rings. The van der Waals surface area contributed by atoms with Crippen LogP contribution in [0.25, 0.3) is 22.5 Å². The summed E-state index contributed by atoms with van der Waals surface area (Å²) in [7, 11) is 0. The number of carbonyl (C=O) groups excluding carboxylic acids is 1. The number of rotatable bonds is 5. The van der Waals surface area contributed by atoms with Gasteiger partial charge in [-0.3, -0.25) is 4.79 Å². The Bertz CT molecular complexity index is 1200. The maximum Gasteiger partial charge on any atom is 0.271 e. The molecule has 0 radical (unpaired) electrons. The summed E-state index contributed by atoms with van der Waals surface area (Å²) >= 11 is 5.90. The maximum atomic E-state index is 12.9. The van der Waals surface area contributed by atoms with Gasteiger partial charge in [0.2, 0.25) is 0 Å². The molecule has 0 aliphatic rings. The molecule has 0 unspecified atom stereocenters. The third kappa shape index (κ3) is 5.29. The number of benzene rings is 3. The molecular weight excluding hydrogens is 418 g/mol. The maximum absolute atomic E-state index is 12.9. The fraction of sp³-hybridized carbons (Fsp3) is 0.0741. The van der Waals surface area contributed by atoms with Gasteiger partial charge in [-0.05, 0) is 43.7 Å². The van der Waals surface area contributed by atoms with Crippen LogP contribution in [0.3, 0.4) is 0 Å². The first-order chi connectivity index (χ1) is 15.5. The van der Waals surface area contributed by atoms with Gasteiger partial charge in [0.25, 0.3) is 5.91 Å². The van der Waals surface area contributed by atoms with E-state index in [2.05, 4.69) is 10.5 Å². The number of nitrogens with one attached hydrogen (secondary N) is 1. The molecule has 0 fully saturated rings. The van der Waals surface area contributed by atoms with Gasteiger partial charge in [0.05, 0.1) is 17.6 Å². The van der Waals surface area contributed by atoms with E-state index < -0.39 is 0 Å². The van der Waals surface area contributed by atoms with Crippen molar-refractivity contribution in [2.75, 3.05) is 0 Å². The summed E-state index contributed by atoms with van der Waals surface area (Å²) in [5.74, 6) is -0.306. The molecule has 32 heavy (non-hydrogen) atoms. The van der Waals surface area contributed by atoms with Gasteiger partial charge in [-0.1, -0.05) is 83.4 Å². The van der Waals surface area contributed by atoms with Crippen molar-refractivity contribution in [1.29, 1.82) is 0 Å². The third-order valence-corrected chi connectivity index (χ3v) is 5.28. The molecule has 0 saturated carbocycles. The van der Waals surface area contributed by atoms with Crippen LogP contribution in [0.1, 0.15) is 27.0 Å². The minimum absolute atomic E-state index is 0.306. The zero-order valence-electron chi connectivity index (χ0n) is 17.8. The van der Waals surface area contributed by atoms with Gasteiger partial charge in [0.1, 0.15) is 0 Å². The van der Waals surface area contributed by atoms with Crippen molar-refractivity contribution >= 4 is 23.7 Å². The van der Waals surface area contributed by atoms with E-state index in [9.17, 15) is 4.79 Å². The lowest BCUT2D eigenvalue weighted by molar-refractivity contribution is 0.0955. The summed E-state index contributed by atoms with van der Waals surface area (Å²) in [6.07, 6.45) is 1.58. The Kier molecular flexibility index (Phi) is 6.43. The monoisotopic (exact) mass is 439 g/mol. The molecule has 1 aromatic heterocycles. The number of amides is 1. The van der Waals surface area contributed by atoms with Gasteiger partial charge in [0.15, 0.2) is 0 Å². The third-order valence-electron chi connectivity index (χ3n) is 5.03. The zero-order chi connectivity index (χ0) is 22.5. The van der Waals surface area contributed by atoms with Crippen LogP contribution in [0.4, 0.5) is 0 Å². The van der Waals surface area contributed by atoms with Crippen LogP contribution in [0.5, 0.6) is 0 Å². The molecule has 0 atom stereocenters. The van der Waals surface area contributed by atoms with Crippen LogP contribution in [0.15, 0.2) is 90.0 Å². The van der Waals surface area contributed by atoms with Crippen molar-refractivity contribution in [1.82, 2.24) is 10.4 Å². The van der Waals surface area contributed by atoms with Crippen molar-refractivity contribution in [3.8, 4) is 22.5 Å². The Balaban J connectivity index is 1.66. The summed E-state index contributed by atoms with van der Waals surface area (Å²) in [5, 5.41) is 4.74. The highest BCUT2D eigenvalue weighted by molar-refractivity contribution is 6.30. The molecule has 1 heterocycles. The molecule has 4 nitrogen and oxygen atoms in total. The average molecular weight is 440 g/mol. The molecule has 0 bridgehead atoms. The van der Waals surface area contributed by atoms with E-state index in [4.69, 9.17) is 16.6 Å². The summed E-state index contributed by atoms with van der Waals surface area (Å²) in [6, 6.07) is 27.0. The van der Waals surface area contributed by atoms with E-state index >= 15 is 0 Å². The second-order valence-corrected chi connectivity index (χ2v) is 8.05. The van der Waals surface area contributed by atoms with Crippen molar-refractivity contribution in [3.05, 3.63) is 112 Å². The predicted octanol–water partition coefficient (Wildman–Crippen LogP) is 6.45. The summed E-state index contributed by atoms with van der Waals surface area (Å²) in [4.78, 5) is 17.7. The largest absolute Gasteiger partial charge is 0.271 e. The Morgan fingerprint density at radius 2 is 1.31 bits per heavy atom. The number of nitrogens with zero attached hydrogens (tertiary/aromatic N) is 2. The number of aryl methyl sites for hydroxylation is 2. The number of hydrogen-bond acceptors (Lipinski definition) is 3. The summed E-state index contributed by atoms with van der Waals surface area (Å²) in [5.41, 5.74) is 9.62. The SMILES string of the molecule is Cc1ccc(-c2cc(C(=O)N/N=C/c3ccc(Cl)cc3)cc(-c3ccc(C)cc3)n2)cc1. The molecule has 0 saturated heterocycles. The lowest BCUT2D eigenvalue weighted by Gasteiger charge is -2.10. The predicted molar refractivity (Wildman–Crippen MR) is 131 cm³/mol. The van der Waals surface area contributed by atoms with E-state index in [1.807, 2.05) is 74.5 Å². The quantitative estimate of drug-likeness (QED) is 0.287. The smallest absolute Gasteiger partial charge is 0.267 e. The van der Waals surface area contributed by atoms with E-state index in [1.54, 1.807) is 30.5 Å². The first-order valence-corrected chi connectivity index (χ1v) is 10.6. The molecule has 1 amide bonds. The normalized spacial score (nSPS) is 11.0. The second kappa shape index (κ2) is 9.58. The van der Waals surface area contributed by atoms with E-state index in [-0.39, 0.29) is 5.91 Å². The number of hydrogen-bond donors (Lipinski definition) is 1. The molecule has 4 rings (SSSR count). The Morgan fingerprint density at radius 1 is 0.812 bits per heavy atom. The summed E-state index contributed by atoms with van der Waals surface area (Å²) in [6.45, 7) is 4.08. The van der Waals surface area contributed by atoms with Gasteiger partial charge < -0.3 is 0 Å². The van der Waals surface area contributed by atoms with Gasteiger partial charge in [-0.25, -0.2) is 10.4 Å². The van der Waals surface area contributed by atoms with Crippen molar-refractivity contribution < 1.29 is 4.79 Å². The minimum Gasteiger partial charge on any atom is -0.267 e. The number of hydrazone groups is 1. The lowest BCUT2D eigenvalue weighted by atomic mass is 10.0. The first kappa shape index (κ1) is 21.5. The minimum atomic E-state index is -0.306. The van der Waals surface area contributed by atoms with Gasteiger partial charge in [-0.2, -0.15) is 5.10 Å². The van der Waals surface area contributed by atoms with Crippen LogP contribution in [-0.4, -0.2) is 17.1 Å². The molecule has 158 valence electrons. The molecule has 5 heteroatoms. The van der Waals surface area contributed by atoms with Crippen molar-refractivity contribution in [2.45, 2.75) is 13.8 Å². The van der Waals surface area contributed by atoms with E-state index in [1.165, 1.54) is 0 Å². The van der Waals surface area contributed by atoms with E-state index in [0.29, 0.717) is 10.6 Å². The highest BCUT2D eigenvalue weighted by Gasteiger charge is 2.12. The van der Waals surface area contributed by atoms with Crippen LogP contribution in [-0.2, 0) is 0 Å². The highest BCUT2D eigenvalue weighted by Crippen LogP contribution is 2.25. The molecule has 0 spiro atoms. The molecule has 0 aliphatic carbocycles.